The van der Waals surface area contributed by atoms with Gasteiger partial charge in [0.05, 0.1) is 10.2 Å². The standard InChI is InChI=1S/C15H7BBr3F2IN2/c17-10-2-1-8(22)7-9(10)15-11-3-5-13(18)23(11)16(20,21)24-12(15)4-6-14(24)19/h1-7H. The zero-order valence-electron chi connectivity index (χ0n) is 11.8. The van der Waals surface area contributed by atoms with Gasteiger partial charge in [-0.25, -0.2) is 0 Å². The second kappa shape index (κ2) is 5.89. The molecule has 0 unspecified atom stereocenters. The highest BCUT2D eigenvalue weighted by Crippen LogP contribution is 2.43. The Morgan fingerprint density at radius 3 is 2.54 bits per heavy atom. The van der Waals surface area contributed by atoms with Gasteiger partial charge < -0.3 is 17.6 Å². The number of nitrogens with zero attached hydrogens (tertiary/aromatic N) is 2. The monoisotopic (exact) mass is 628 g/mol. The molecule has 0 amide bonds. The molecule has 3 heterocycles. The zero-order valence-corrected chi connectivity index (χ0v) is 18.7. The summed E-state index contributed by atoms with van der Waals surface area (Å²) in [5.41, 5.74) is 2.64. The Labute approximate surface area is 175 Å². The van der Waals surface area contributed by atoms with Crippen LogP contribution in [0.5, 0.6) is 0 Å². The van der Waals surface area contributed by atoms with E-state index in [0.29, 0.717) is 20.6 Å². The molecule has 0 radical (unpaired) electrons. The second-order valence-electron chi connectivity index (χ2n) is 5.41. The molecular weight excluding hydrogens is 624 g/mol. The van der Waals surface area contributed by atoms with Crippen molar-refractivity contribution in [3.63, 3.8) is 0 Å². The smallest absolute Gasteiger partial charge is 0.389 e. The minimum Gasteiger partial charge on any atom is -0.389 e. The van der Waals surface area contributed by atoms with Crippen LogP contribution in [0.1, 0.15) is 11.3 Å². The van der Waals surface area contributed by atoms with Crippen molar-refractivity contribution in [3.8, 4) is 0 Å². The third-order valence-electron chi connectivity index (χ3n) is 4.07. The van der Waals surface area contributed by atoms with Gasteiger partial charge in [-0.1, -0.05) is 15.9 Å². The lowest BCUT2D eigenvalue weighted by molar-refractivity contribution is -0.358. The van der Waals surface area contributed by atoms with Crippen molar-refractivity contribution in [1.82, 2.24) is 4.48 Å². The summed E-state index contributed by atoms with van der Waals surface area (Å²) in [4.78, 5) is 0. The molecule has 0 saturated carbocycles. The van der Waals surface area contributed by atoms with E-state index in [1.807, 2.05) is 18.2 Å². The topological polar surface area (TPSA) is 7.94 Å². The van der Waals surface area contributed by atoms with Gasteiger partial charge in [-0.15, -0.1) is 0 Å². The molecule has 4 rings (SSSR count). The Hall–Kier alpha value is -0.255. The van der Waals surface area contributed by atoms with Gasteiger partial charge in [0.2, 0.25) is 4.62 Å². The van der Waals surface area contributed by atoms with Gasteiger partial charge >= 0.3 is 6.97 Å². The van der Waals surface area contributed by atoms with Gasteiger partial charge in [0.25, 0.3) is 0 Å². The lowest BCUT2D eigenvalue weighted by atomic mass is 9.86. The van der Waals surface area contributed by atoms with E-state index in [0.717, 1.165) is 28.1 Å². The van der Waals surface area contributed by atoms with Crippen molar-refractivity contribution in [3.05, 3.63) is 72.1 Å². The average Bonchev–Trinajstić information content (AvgIpc) is 3.08. The molecule has 2 nitrogen and oxygen atoms in total. The normalized spacial score (nSPS) is 18.2. The van der Waals surface area contributed by atoms with Crippen molar-refractivity contribution in [2.45, 2.75) is 0 Å². The number of allylic oxidation sites excluding steroid dienone is 2. The summed E-state index contributed by atoms with van der Waals surface area (Å²) in [5.74, 6) is 0. The minimum absolute atomic E-state index is 0.355. The Morgan fingerprint density at radius 1 is 1.04 bits per heavy atom. The maximum Gasteiger partial charge on any atom is 0.738 e. The van der Waals surface area contributed by atoms with Crippen molar-refractivity contribution in [2.24, 2.45) is 0 Å². The molecule has 2 aliphatic rings. The Kier molecular flexibility index (Phi) is 4.21. The van der Waals surface area contributed by atoms with E-state index >= 15 is 8.63 Å². The molecule has 2 aliphatic heterocycles. The second-order valence-corrected chi connectivity index (χ2v) is 9.14. The lowest BCUT2D eigenvalue weighted by Gasteiger charge is -2.32. The molecule has 1 aromatic heterocycles. The van der Waals surface area contributed by atoms with Gasteiger partial charge in [0, 0.05) is 47.4 Å². The number of hydrogen-bond donors (Lipinski definition) is 0. The number of rotatable bonds is 1. The molecule has 0 bridgehead atoms. The fourth-order valence-corrected chi connectivity index (χ4v) is 5.17. The highest BCUT2D eigenvalue weighted by molar-refractivity contribution is 14.1. The first-order chi connectivity index (χ1) is 11.3. The van der Waals surface area contributed by atoms with E-state index in [1.165, 1.54) is 0 Å². The third-order valence-corrected chi connectivity index (χ3v) is 6.72. The van der Waals surface area contributed by atoms with Crippen LogP contribution in [0.3, 0.4) is 0 Å². The summed E-state index contributed by atoms with van der Waals surface area (Å²) in [7, 11) is 0. The van der Waals surface area contributed by atoms with E-state index in [1.54, 1.807) is 24.3 Å². The fraction of sp³-hybridized carbons (Fsp3) is 0. The van der Waals surface area contributed by atoms with Gasteiger partial charge in [-0.3, -0.25) is 0 Å². The van der Waals surface area contributed by atoms with Crippen LogP contribution in [0.15, 0.2) is 57.3 Å². The maximum atomic E-state index is 15.1. The summed E-state index contributed by atoms with van der Waals surface area (Å²) in [6, 6.07) is 9.29. The van der Waals surface area contributed by atoms with Crippen LogP contribution in [0.2, 0.25) is 0 Å². The minimum atomic E-state index is -3.98. The molecule has 2 aromatic rings. The van der Waals surface area contributed by atoms with Gasteiger partial charge in [0.1, 0.15) is 0 Å². The summed E-state index contributed by atoms with van der Waals surface area (Å²) >= 11 is 12.3. The molecule has 122 valence electrons. The zero-order chi connectivity index (χ0) is 17.2. The number of hydrogen-bond acceptors (Lipinski definition) is 0. The molecule has 0 spiro atoms. The Morgan fingerprint density at radius 2 is 1.79 bits per heavy atom. The summed E-state index contributed by atoms with van der Waals surface area (Å²) in [6.07, 6.45) is 3.39. The van der Waals surface area contributed by atoms with Crippen LogP contribution in [0, 0.1) is 3.57 Å². The Bertz CT molecular complexity index is 995. The number of aromatic nitrogens is 1. The van der Waals surface area contributed by atoms with Crippen molar-refractivity contribution < 1.29 is 13.1 Å². The molecule has 0 saturated heterocycles. The molecular formula is C15H7BBr3F2IN2. The summed E-state index contributed by atoms with van der Waals surface area (Å²) in [5, 5.41) is 0. The Balaban J connectivity index is 2.14. The highest BCUT2D eigenvalue weighted by atomic mass is 127. The van der Waals surface area contributed by atoms with Gasteiger partial charge in [0.15, 0.2) is 5.70 Å². The number of benzene rings is 1. The van der Waals surface area contributed by atoms with E-state index in [4.69, 9.17) is 0 Å². The summed E-state index contributed by atoms with van der Waals surface area (Å²) in [6.45, 7) is -3.98. The molecule has 0 atom stereocenters. The van der Waals surface area contributed by atoms with Gasteiger partial charge in [-0.2, -0.15) is 0 Å². The molecule has 1 aromatic carbocycles. The number of fused-ring (bicyclic) bond motifs is 2. The van der Waals surface area contributed by atoms with E-state index in [9.17, 15) is 0 Å². The van der Waals surface area contributed by atoms with Crippen LogP contribution < -0.4 is 0 Å². The molecule has 9 heteroatoms. The largest absolute Gasteiger partial charge is 0.738 e. The molecule has 0 N–H and O–H groups in total. The maximum absolute atomic E-state index is 15.1. The third kappa shape index (κ3) is 2.38. The molecule has 24 heavy (non-hydrogen) atoms. The highest BCUT2D eigenvalue weighted by Gasteiger charge is 2.54. The van der Waals surface area contributed by atoms with Crippen LogP contribution in [-0.4, -0.2) is 20.6 Å². The molecule has 0 aliphatic carbocycles. The van der Waals surface area contributed by atoms with E-state index < -0.39 is 6.97 Å². The fourth-order valence-electron chi connectivity index (χ4n) is 3.10. The van der Waals surface area contributed by atoms with Crippen LogP contribution in [0.25, 0.3) is 5.57 Å². The first-order valence-electron chi connectivity index (χ1n) is 6.91. The molecule has 0 fully saturated rings. The van der Waals surface area contributed by atoms with Crippen LogP contribution >= 0.6 is 70.4 Å². The number of halogens is 6. The first-order valence-corrected chi connectivity index (χ1v) is 10.4. The van der Waals surface area contributed by atoms with E-state index in [2.05, 4.69) is 70.4 Å². The summed E-state index contributed by atoms with van der Waals surface area (Å²) < 4.78 is 35.0. The predicted molar refractivity (Wildman–Crippen MR) is 112 cm³/mol. The predicted octanol–water partition coefficient (Wildman–Crippen LogP) is 5.99. The van der Waals surface area contributed by atoms with Crippen molar-refractivity contribution >= 4 is 87.5 Å². The van der Waals surface area contributed by atoms with Crippen LogP contribution in [0.4, 0.5) is 8.63 Å². The SMILES string of the molecule is F[B-]1(F)n2c(Br)ccc2C(c2cc(I)ccc2Br)=C2C=CC(Br)=[N+]21. The first kappa shape index (κ1) is 17.2. The van der Waals surface area contributed by atoms with E-state index in [-0.39, 0.29) is 0 Å². The quantitative estimate of drug-likeness (QED) is 0.271. The van der Waals surface area contributed by atoms with Gasteiger partial charge in [-0.05, 0) is 68.9 Å². The average molecular weight is 631 g/mol. The van der Waals surface area contributed by atoms with Crippen molar-refractivity contribution in [2.75, 3.05) is 0 Å². The van der Waals surface area contributed by atoms with Crippen molar-refractivity contribution in [1.29, 1.82) is 0 Å². The lowest BCUT2D eigenvalue weighted by Crippen LogP contribution is -2.50. The van der Waals surface area contributed by atoms with Crippen LogP contribution in [-0.2, 0) is 0 Å².